The van der Waals surface area contributed by atoms with Gasteiger partial charge in [0.15, 0.2) is 0 Å². The monoisotopic (exact) mass is 284 g/mol. The number of nitrogens with zero attached hydrogens (tertiary/aromatic N) is 1. The summed E-state index contributed by atoms with van der Waals surface area (Å²) in [6.07, 6.45) is 3.01. The lowest BCUT2D eigenvalue weighted by Gasteiger charge is -2.14. The molecule has 0 aliphatic heterocycles. The maximum absolute atomic E-state index is 5.87. The molecular formula is C18H24N2O. The van der Waals surface area contributed by atoms with Crippen LogP contribution in [0.1, 0.15) is 43.0 Å². The molecule has 1 N–H and O–H groups in total. The van der Waals surface area contributed by atoms with Crippen molar-refractivity contribution in [2.24, 2.45) is 0 Å². The van der Waals surface area contributed by atoms with Crippen LogP contribution in [-0.2, 0) is 0 Å². The fourth-order valence-corrected chi connectivity index (χ4v) is 2.13. The van der Waals surface area contributed by atoms with Crippen LogP contribution in [0.2, 0.25) is 0 Å². The fourth-order valence-electron chi connectivity index (χ4n) is 2.13. The number of benzene rings is 1. The summed E-state index contributed by atoms with van der Waals surface area (Å²) in [6, 6.07) is 10.4. The average Bonchev–Trinajstić information content (AvgIpc) is 2.50. The number of nitrogens with one attached hydrogen (secondary N) is 1. The minimum absolute atomic E-state index is 0.312. The van der Waals surface area contributed by atoms with Gasteiger partial charge in [0.1, 0.15) is 5.75 Å². The van der Waals surface area contributed by atoms with Crippen molar-refractivity contribution >= 4 is 0 Å². The summed E-state index contributed by atoms with van der Waals surface area (Å²) in [6.45, 7) is 9.48. The Balaban J connectivity index is 2.07. The van der Waals surface area contributed by atoms with Gasteiger partial charge in [-0.1, -0.05) is 25.1 Å². The van der Waals surface area contributed by atoms with Crippen molar-refractivity contribution in [1.82, 2.24) is 10.3 Å². The zero-order valence-electron chi connectivity index (χ0n) is 13.3. The van der Waals surface area contributed by atoms with Crippen LogP contribution in [0.15, 0.2) is 36.5 Å². The van der Waals surface area contributed by atoms with Crippen molar-refractivity contribution in [3.63, 3.8) is 0 Å². The molecule has 1 aromatic carbocycles. The topological polar surface area (TPSA) is 34.1 Å². The van der Waals surface area contributed by atoms with Gasteiger partial charge in [-0.15, -0.1) is 0 Å². The molecular weight excluding hydrogens is 260 g/mol. The molecule has 0 radical (unpaired) electrons. The third kappa shape index (κ3) is 4.05. The summed E-state index contributed by atoms with van der Waals surface area (Å²) in [5.74, 6) is 1.50. The molecule has 0 saturated carbocycles. The second-order valence-corrected chi connectivity index (χ2v) is 5.41. The van der Waals surface area contributed by atoms with E-state index in [-0.39, 0.29) is 0 Å². The first-order chi connectivity index (χ1) is 10.1. The normalized spacial score (nSPS) is 12.2. The van der Waals surface area contributed by atoms with Gasteiger partial charge in [-0.3, -0.25) is 0 Å². The van der Waals surface area contributed by atoms with Gasteiger partial charge >= 0.3 is 0 Å². The summed E-state index contributed by atoms with van der Waals surface area (Å²) in [4.78, 5) is 4.41. The average molecular weight is 284 g/mol. The summed E-state index contributed by atoms with van der Waals surface area (Å²) in [7, 11) is 0. The van der Waals surface area contributed by atoms with E-state index in [4.69, 9.17) is 4.74 Å². The first-order valence-electron chi connectivity index (χ1n) is 7.55. The molecule has 0 amide bonds. The van der Waals surface area contributed by atoms with Gasteiger partial charge in [0.05, 0.1) is 0 Å². The van der Waals surface area contributed by atoms with Gasteiger partial charge in [-0.05, 0) is 56.5 Å². The predicted octanol–water partition coefficient (Wildman–Crippen LogP) is 4.55. The Morgan fingerprint density at radius 1 is 1.19 bits per heavy atom. The number of aryl methyl sites for hydroxylation is 1. The first-order valence-corrected chi connectivity index (χ1v) is 7.55. The van der Waals surface area contributed by atoms with Gasteiger partial charge < -0.3 is 10.1 Å². The molecule has 1 heterocycles. The molecule has 0 bridgehead atoms. The predicted molar refractivity (Wildman–Crippen MR) is 86.9 cm³/mol. The van der Waals surface area contributed by atoms with Gasteiger partial charge in [0, 0.05) is 18.3 Å². The maximum atomic E-state index is 5.87. The summed E-state index contributed by atoms with van der Waals surface area (Å²) < 4.78 is 5.87. The lowest BCUT2D eigenvalue weighted by Crippen LogP contribution is -2.19. The van der Waals surface area contributed by atoms with Crippen LogP contribution in [0.25, 0.3) is 0 Å². The molecule has 0 aliphatic carbocycles. The van der Waals surface area contributed by atoms with Crippen molar-refractivity contribution in [2.45, 2.75) is 40.2 Å². The highest BCUT2D eigenvalue weighted by molar-refractivity contribution is 5.40. The van der Waals surface area contributed by atoms with Crippen LogP contribution in [0.5, 0.6) is 11.6 Å². The number of rotatable bonds is 6. The zero-order valence-corrected chi connectivity index (χ0v) is 13.3. The lowest BCUT2D eigenvalue weighted by atomic mass is 10.1. The maximum Gasteiger partial charge on any atom is 0.219 e. The van der Waals surface area contributed by atoms with E-state index >= 15 is 0 Å². The van der Waals surface area contributed by atoms with Crippen molar-refractivity contribution in [1.29, 1.82) is 0 Å². The van der Waals surface area contributed by atoms with E-state index < -0.39 is 0 Å². The van der Waals surface area contributed by atoms with E-state index in [0.29, 0.717) is 11.9 Å². The summed E-state index contributed by atoms with van der Waals surface area (Å²) in [5.41, 5.74) is 3.56. The van der Waals surface area contributed by atoms with Gasteiger partial charge in [0.2, 0.25) is 5.88 Å². The highest BCUT2D eigenvalue weighted by atomic mass is 16.5. The molecule has 2 aromatic rings. The fraction of sp³-hybridized carbons (Fsp3) is 0.389. The number of aromatic nitrogens is 1. The quantitative estimate of drug-likeness (QED) is 0.845. The van der Waals surface area contributed by atoms with Gasteiger partial charge in [-0.25, -0.2) is 4.98 Å². The highest BCUT2D eigenvalue weighted by Gasteiger charge is 2.07. The Labute approximate surface area is 127 Å². The SMILES string of the molecule is CCCNC(C)c1ccc(Oc2cccc(C)c2C)nc1. The van der Waals surface area contributed by atoms with Crippen molar-refractivity contribution in [2.75, 3.05) is 6.54 Å². The third-order valence-electron chi connectivity index (χ3n) is 3.73. The van der Waals surface area contributed by atoms with Crippen LogP contribution in [0, 0.1) is 13.8 Å². The molecule has 1 atom stereocenters. The molecule has 0 saturated heterocycles. The Bertz CT molecular complexity index is 578. The van der Waals surface area contributed by atoms with E-state index in [2.05, 4.69) is 50.1 Å². The summed E-state index contributed by atoms with van der Waals surface area (Å²) in [5, 5.41) is 3.45. The molecule has 0 spiro atoms. The number of hydrogen-bond donors (Lipinski definition) is 1. The Kier molecular flexibility index (Phi) is 5.34. The van der Waals surface area contributed by atoms with Crippen LogP contribution >= 0.6 is 0 Å². The Morgan fingerprint density at radius 2 is 2.00 bits per heavy atom. The molecule has 21 heavy (non-hydrogen) atoms. The smallest absolute Gasteiger partial charge is 0.219 e. The molecule has 0 aliphatic rings. The minimum atomic E-state index is 0.312. The van der Waals surface area contributed by atoms with Crippen LogP contribution < -0.4 is 10.1 Å². The second-order valence-electron chi connectivity index (χ2n) is 5.41. The molecule has 1 aromatic heterocycles. The van der Waals surface area contributed by atoms with E-state index in [0.717, 1.165) is 24.3 Å². The summed E-state index contributed by atoms with van der Waals surface area (Å²) >= 11 is 0. The Hall–Kier alpha value is -1.87. The van der Waals surface area contributed by atoms with Crippen LogP contribution in [-0.4, -0.2) is 11.5 Å². The Morgan fingerprint density at radius 3 is 2.67 bits per heavy atom. The first kappa shape index (κ1) is 15.5. The van der Waals surface area contributed by atoms with Crippen molar-refractivity contribution in [3.8, 4) is 11.6 Å². The van der Waals surface area contributed by atoms with Gasteiger partial charge in [-0.2, -0.15) is 0 Å². The number of ether oxygens (including phenoxy) is 1. The number of pyridine rings is 1. The number of hydrogen-bond acceptors (Lipinski definition) is 3. The van der Waals surface area contributed by atoms with E-state index in [1.165, 1.54) is 11.1 Å². The molecule has 1 unspecified atom stereocenters. The zero-order chi connectivity index (χ0) is 15.2. The largest absolute Gasteiger partial charge is 0.439 e. The van der Waals surface area contributed by atoms with Crippen molar-refractivity contribution < 1.29 is 4.74 Å². The standard InChI is InChI=1S/C18H24N2O/c1-5-11-19-15(4)16-9-10-18(20-12-16)21-17-8-6-7-13(2)14(17)3/h6-10,12,15,19H,5,11H2,1-4H3. The minimum Gasteiger partial charge on any atom is -0.439 e. The molecule has 0 fully saturated rings. The molecule has 2 rings (SSSR count). The van der Waals surface area contributed by atoms with Gasteiger partial charge in [0.25, 0.3) is 0 Å². The third-order valence-corrected chi connectivity index (χ3v) is 3.73. The van der Waals surface area contributed by atoms with Crippen LogP contribution in [0.3, 0.4) is 0 Å². The highest BCUT2D eigenvalue weighted by Crippen LogP contribution is 2.26. The van der Waals surface area contributed by atoms with Crippen molar-refractivity contribution in [3.05, 3.63) is 53.2 Å². The molecule has 112 valence electrons. The van der Waals surface area contributed by atoms with Crippen LogP contribution in [0.4, 0.5) is 0 Å². The van der Waals surface area contributed by atoms with E-state index in [1.807, 2.05) is 24.4 Å². The molecule has 3 heteroatoms. The lowest BCUT2D eigenvalue weighted by molar-refractivity contribution is 0.457. The van der Waals surface area contributed by atoms with E-state index in [1.54, 1.807) is 0 Å². The molecule has 3 nitrogen and oxygen atoms in total. The second kappa shape index (κ2) is 7.23. The van der Waals surface area contributed by atoms with E-state index in [9.17, 15) is 0 Å².